The SMILES string of the molecule is O=C(CN1CCN([C@@H]2CCS(=O)(=O)C2)CC1)Nc1ccccc1Oc1ccccc1. The molecule has 0 unspecified atom stereocenters. The summed E-state index contributed by atoms with van der Waals surface area (Å²) < 4.78 is 29.3. The topological polar surface area (TPSA) is 79.0 Å². The van der Waals surface area contributed by atoms with Gasteiger partial charge in [-0.1, -0.05) is 30.3 Å². The lowest BCUT2D eigenvalue weighted by Crippen LogP contribution is -2.52. The number of ether oxygens (including phenoxy) is 1. The monoisotopic (exact) mass is 429 g/mol. The van der Waals surface area contributed by atoms with Crippen LogP contribution in [0.3, 0.4) is 0 Å². The molecule has 4 rings (SSSR count). The van der Waals surface area contributed by atoms with Crippen LogP contribution in [0.2, 0.25) is 0 Å². The van der Waals surface area contributed by atoms with Crippen molar-refractivity contribution in [1.29, 1.82) is 0 Å². The molecular weight excluding hydrogens is 402 g/mol. The molecule has 8 heteroatoms. The third kappa shape index (κ3) is 5.38. The Morgan fingerprint density at radius 2 is 1.70 bits per heavy atom. The average molecular weight is 430 g/mol. The quantitative estimate of drug-likeness (QED) is 0.759. The minimum absolute atomic E-state index is 0.0870. The van der Waals surface area contributed by atoms with Crippen molar-refractivity contribution in [3.05, 3.63) is 54.6 Å². The summed E-state index contributed by atoms with van der Waals surface area (Å²) in [6, 6.07) is 17.0. The summed E-state index contributed by atoms with van der Waals surface area (Å²) in [6.45, 7) is 3.40. The number of carbonyl (C=O) groups is 1. The van der Waals surface area contributed by atoms with Gasteiger partial charge in [0.15, 0.2) is 15.6 Å². The summed E-state index contributed by atoms with van der Waals surface area (Å²) in [5.74, 6) is 1.79. The van der Waals surface area contributed by atoms with Crippen LogP contribution in [0, 0.1) is 0 Å². The number of nitrogens with zero attached hydrogens (tertiary/aromatic N) is 2. The number of nitrogens with one attached hydrogen (secondary N) is 1. The molecule has 2 aromatic rings. The van der Waals surface area contributed by atoms with Crippen LogP contribution in [0.1, 0.15) is 6.42 Å². The smallest absolute Gasteiger partial charge is 0.238 e. The number of amides is 1. The molecule has 2 aliphatic rings. The maximum atomic E-state index is 12.6. The number of hydrogen-bond donors (Lipinski definition) is 1. The summed E-state index contributed by atoms with van der Waals surface area (Å²) in [5, 5.41) is 2.96. The molecule has 0 bridgehead atoms. The van der Waals surface area contributed by atoms with E-state index >= 15 is 0 Å². The van der Waals surface area contributed by atoms with Crippen molar-refractivity contribution >= 4 is 21.4 Å². The van der Waals surface area contributed by atoms with Gasteiger partial charge in [0.25, 0.3) is 0 Å². The van der Waals surface area contributed by atoms with E-state index in [0.717, 1.165) is 32.6 Å². The van der Waals surface area contributed by atoms with Crippen LogP contribution < -0.4 is 10.1 Å². The van der Waals surface area contributed by atoms with Gasteiger partial charge in [-0.05, 0) is 30.7 Å². The third-order valence-electron chi connectivity index (χ3n) is 5.63. The van der Waals surface area contributed by atoms with Crippen molar-refractivity contribution < 1.29 is 17.9 Å². The first-order valence-electron chi connectivity index (χ1n) is 10.3. The maximum absolute atomic E-state index is 12.6. The number of benzene rings is 2. The van der Waals surface area contributed by atoms with Gasteiger partial charge in [0.1, 0.15) is 5.75 Å². The molecule has 1 atom stereocenters. The van der Waals surface area contributed by atoms with E-state index < -0.39 is 9.84 Å². The molecule has 30 heavy (non-hydrogen) atoms. The summed E-state index contributed by atoms with van der Waals surface area (Å²) in [5.41, 5.74) is 0.640. The predicted molar refractivity (Wildman–Crippen MR) is 117 cm³/mol. The Morgan fingerprint density at radius 3 is 2.40 bits per heavy atom. The molecule has 0 aliphatic carbocycles. The van der Waals surface area contributed by atoms with Gasteiger partial charge in [-0.2, -0.15) is 0 Å². The highest BCUT2D eigenvalue weighted by Crippen LogP contribution is 2.29. The van der Waals surface area contributed by atoms with Crippen molar-refractivity contribution in [2.45, 2.75) is 12.5 Å². The van der Waals surface area contributed by atoms with Crippen LogP contribution >= 0.6 is 0 Å². The number of anilines is 1. The molecule has 7 nitrogen and oxygen atoms in total. The molecule has 1 amide bonds. The van der Waals surface area contributed by atoms with Crippen molar-refractivity contribution in [2.24, 2.45) is 0 Å². The number of para-hydroxylation sites is 3. The fourth-order valence-electron chi connectivity index (χ4n) is 4.02. The largest absolute Gasteiger partial charge is 0.455 e. The molecule has 1 N–H and O–H groups in total. The molecule has 0 spiro atoms. The number of rotatable bonds is 6. The number of sulfone groups is 1. The highest BCUT2D eigenvalue weighted by Gasteiger charge is 2.33. The third-order valence-corrected chi connectivity index (χ3v) is 7.38. The number of carbonyl (C=O) groups excluding carboxylic acids is 1. The molecule has 0 saturated carbocycles. The summed E-state index contributed by atoms with van der Waals surface area (Å²) in [7, 11) is -2.87. The second kappa shape index (κ2) is 9.16. The van der Waals surface area contributed by atoms with E-state index in [1.54, 1.807) is 0 Å². The first-order valence-corrected chi connectivity index (χ1v) is 12.1. The first-order chi connectivity index (χ1) is 14.5. The molecule has 0 radical (unpaired) electrons. The van der Waals surface area contributed by atoms with Crippen LogP contribution in [0.15, 0.2) is 54.6 Å². The fourth-order valence-corrected chi connectivity index (χ4v) is 5.78. The van der Waals surface area contributed by atoms with Gasteiger partial charge in [-0.15, -0.1) is 0 Å². The van der Waals surface area contributed by atoms with Gasteiger partial charge in [0.05, 0.1) is 23.7 Å². The van der Waals surface area contributed by atoms with Gasteiger partial charge in [-0.25, -0.2) is 8.42 Å². The zero-order chi connectivity index (χ0) is 21.0. The molecule has 160 valence electrons. The molecule has 2 aliphatic heterocycles. The Kier molecular flexibility index (Phi) is 6.36. The van der Waals surface area contributed by atoms with Crippen molar-refractivity contribution in [3.63, 3.8) is 0 Å². The van der Waals surface area contributed by atoms with Crippen molar-refractivity contribution in [2.75, 3.05) is 49.5 Å². The molecule has 0 aromatic heterocycles. The van der Waals surface area contributed by atoms with Crippen LogP contribution in [0.4, 0.5) is 5.69 Å². The van der Waals surface area contributed by atoms with Gasteiger partial charge in [0, 0.05) is 32.2 Å². The zero-order valence-electron chi connectivity index (χ0n) is 16.9. The normalized spacial score (nSPS) is 21.9. The van der Waals surface area contributed by atoms with E-state index in [1.807, 2.05) is 54.6 Å². The van der Waals surface area contributed by atoms with Crippen LogP contribution in [0.5, 0.6) is 11.5 Å². The van der Waals surface area contributed by atoms with Gasteiger partial charge < -0.3 is 10.1 Å². The minimum atomic E-state index is -2.87. The Labute approximate surface area is 177 Å². The Hall–Kier alpha value is -2.42. The van der Waals surface area contributed by atoms with Crippen LogP contribution in [-0.4, -0.2) is 74.4 Å². The highest BCUT2D eigenvalue weighted by atomic mass is 32.2. The van der Waals surface area contributed by atoms with Gasteiger partial charge >= 0.3 is 0 Å². The van der Waals surface area contributed by atoms with Crippen LogP contribution in [-0.2, 0) is 14.6 Å². The molecule has 2 fully saturated rings. The molecule has 2 aromatic carbocycles. The molecule has 2 heterocycles. The maximum Gasteiger partial charge on any atom is 0.238 e. The van der Waals surface area contributed by atoms with E-state index in [2.05, 4.69) is 15.1 Å². The van der Waals surface area contributed by atoms with E-state index in [4.69, 9.17) is 4.74 Å². The first kappa shape index (κ1) is 20.8. The Morgan fingerprint density at radius 1 is 1.00 bits per heavy atom. The standard InChI is InChI=1S/C22H27N3O4S/c26-22(16-24-11-13-25(14-12-24)18-10-15-30(27,28)17-18)23-20-8-4-5-9-21(20)29-19-6-2-1-3-7-19/h1-9,18H,10-17H2,(H,23,26)/t18-/m1/s1. The number of piperazine rings is 1. The predicted octanol–water partition coefficient (Wildman–Crippen LogP) is 2.22. The average Bonchev–Trinajstić information content (AvgIpc) is 3.10. The molecule has 2 saturated heterocycles. The minimum Gasteiger partial charge on any atom is -0.455 e. The Bertz CT molecular complexity index is 973. The van der Waals surface area contributed by atoms with Gasteiger partial charge in [-0.3, -0.25) is 14.6 Å². The second-order valence-electron chi connectivity index (χ2n) is 7.83. The Balaban J connectivity index is 1.29. The molecular formula is C22H27N3O4S. The van der Waals surface area contributed by atoms with Gasteiger partial charge in [0.2, 0.25) is 5.91 Å². The lowest BCUT2D eigenvalue weighted by molar-refractivity contribution is -0.117. The van der Waals surface area contributed by atoms with E-state index in [-0.39, 0.29) is 17.7 Å². The van der Waals surface area contributed by atoms with E-state index in [9.17, 15) is 13.2 Å². The van der Waals surface area contributed by atoms with Crippen LogP contribution in [0.25, 0.3) is 0 Å². The zero-order valence-corrected chi connectivity index (χ0v) is 17.7. The highest BCUT2D eigenvalue weighted by molar-refractivity contribution is 7.91. The second-order valence-corrected chi connectivity index (χ2v) is 10.1. The summed E-state index contributed by atoms with van der Waals surface area (Å²) >= 11 is 0. The fraction of sp³-hybridized carbons (Fsp3) is 0.409. The van der Waals surface area contributed by atoms with E-state index in [1.165, 1.54) is 0 Å². The lowest BCUT2D eigenvalue weighted by atomic mass is 10.2. The summed E-state index contributed by atoms with van der Waals surface area (Å²) in [4.78, 5) is 17.0. The van der Waals surface area contributed by atoms with Crippen molar-refractivity contribution in [1.82, 2.24) is 9.80 Å². The van der Waals surface area contributed by atoms with Crippen molar-refractivity contribution in [3.8, 4) is 11.5 Å². The summed E-state index contributed by atoms with van der Waals surface area (Å²) in [6.07, 6.45) is 0.723. The lowest BCUT2D eigenvalue weighted by Gasteiger charge is -2.37. The number of hydrogen-bond acceptors (Lipinski definition) is 6. The van der Waals surface area contributed by atoms with E-state index in [0.29, 0.717) is 29.5 Å².